The minimum absolute atomic E-state index is 0.0985. The quantitative estimate of drug-likeness (QED) is 0.842. The van der Waals surface area contributed by atoms with E-state index in [-0.39, 0.29) is 23.7 Å². The van der Waals surface area contributed by atoms with Crippen molar-refractivity contribution in [3.63, 3.8) is 0 Å². The van der Waals surface area contributed by atoms with Crippen LogP contribution in [0.5, 0.6) is 0 Å². The predicted molar refractivity (Wildman–Crippen MR) is 70.0 cm³/mol. The Bertz CT molecular complexity index is 767. The summed E-state index contributed by atoms with van der Waals surface area (Å²) in [6.07, 6.45) is 0. The molecular weight excluding hydrogens is 280 g/mol. The van der Waals surface area contributed by atoms with Crippen LogP contribution in [-0.4, -0.2) is 28.8 Å². The predicted octanol–water partition coefficient (Wildman–Crippen LogP) is 0.213. The molecule has 2 aromatic rings. The molecule has 1 aromatic carbocycles. The molecule has 7 nitrogen and oxygen atoms in total. The Hall–Kier alpha value is -2.19. The molecule has 0 atom stereocenters. The number of nitrogens with two attached hydrogens (primary N) is 1. The number of aromatic amines is 1. The van der Waals surface area contributed by atoms with Gasteiger partial charge >= 0.3 is 0 Å². The number of H-pyrrole nitrogens is 1. The van der Waals surface area contributed by atoms with Crippen LogP contribution in [-0.2, 0) is 23.1 Å². The van der Waals surface area contributed by atoms with Gasteiger partial charge in [-0.1, -0.05) is 18.2 Å². The van der Waals surface area contributed by atoms with E-state index in [0.29, 0.717) is 11.3 Å². The zero-order chi connectivity index (χ0) is 14.3. The van der Waals surface area contributed by atoms with Gasteiger partial charge in [0.05, 0.1) is 17.1 Å². The lowest BCUT2D eigenvalue weighted by molar-refractivity contribution is 0.0994. The molecule has 104 valence electrons. The number of aromatic nitrogens is 2. The fourth-order valence-electron chi connectivity index (χ4n) is 2.23. The monoisotopic (exact) mass is 292 g/mol. The molecule has 0 spiro atoms. The number of hydrogen-bond acceptors (Lipinski definition) is 4. The first-order chi connectivity index (χ1) is 9.50. The van der Waals surface area contributed by atoms with Gasteiger partial charge in [0.25, 0.3) is 5.91 Å². The first kappa shape index (κ1) is 12.8. The Morgan fingerprint density at radius 1 is 1.25 bits per heavy atom. The zero-order valence-corrected chi connectivity index (χ0v) is 11.2. The van der Waals surface area contributed by atoms with E-state index in [2.05, 4.69) is 10.2 Å². The molecule has 0 radical (unpaired) electrons. The second-order valence-electron chi connectivity index (χ2n) is 4.48. The number of rotatable bonds is 3. The van der Waals surface area contributed by atoms with Gasteiger partial charge < -0.3 is 5.73 Å². The lowest BCUT2D eigenvalue weighted by Crippen LogP contribution is -2.26. The van der Waals surface area contributed by atoms with E-state index in [1.165, 1.54) is 16.4 Å². The molecule has 1 amide bonds. The first-order valence-corrected chi connectivity index (χ1v) is 7.35. The van der Waals surface area contributed by atoms with Crippen molar-refractivity contribution in [1.82, 2.24) is 14.5 Å². The summed E-state index contributed by atoms with van der Waals surface area (Å²) in [7, 11) is -3.59. The summed E-state index contributed by atoms with van der Waals surface area (Å²) in [5.41, 5.74) is 6.47. The SMILES string of the molecule is NC(=O)c1n[nH]c2c1CN(S(=O)(=O)c1ccccc1)C2. The van der Waals surface area contributed by atoms with Gasteiger partial charge in [-0.15, -0.1) is 0 Å². The van der Waals surface area contributed by atoms with Crippen LogP contribution in [0.1, 0.15) is 21.7 Å². The maximum absolute atomic E-state index is 12.5. The molecule has 0 aliphatic carbocycles. The third-order valence-corrected chi connectivity index (χ3v) is 5.04. The molecule has 3 N–H and O–H groups in total. The van der Waals surface area contributed by atoms with Gasteiger partial charge in [0.2, 0.25) is 10.0 Å². The van der Waals surface area contributed by atoms with Crippen LogP contribution in [0.2, 0.25) is 0 Å². The van der Waals surface area contributed by atoms with Crippen LogP contribution >= 0.6 is 0 Å². The number of nitrogens with zero attached hydrogens (tertiary/aromatic N) is 2. The Morgan fingerprint density at radius 3 is 2.60 bits per heavy atom. The zero-order valence-electron chi connectivity index (χ0n) is 10.4. The highest BCUT2D eigenvalue weighted by Gasteiger charge is 2.34. The standard InChI is InChI=1S/C12H12N4O3S/c13-12(17)11-9-6-16(7-10(9)14-15-11)20(18,19)8-4-2-1-3-5-8/h1-5H,6-7H2,(H2,13,17)(H,14,15). The molecule has 0 unspecified atom stereocenters. The van der Waals surface area contributed by atoms with Crippen molar-refractivity contribution >= 4 is 15.9 Å². The van der Waals surface area contributed by atoms with Gasteiger partial charge in [-0.2, -0.15) is 9.40 Å². The normalized spacial score (nSPS) is 15.2. The summed E-state index contributed by atoms with van der Waals surface area (Å²) in [5.74, 6) is -0.665. The number of carbonyl (C=O) groups is 1. The highest BCUT2D eigenvalue weighted by Crippen LogP contribution is 2.28. The molecule has 0 saturated carbocycles. The van der Waals surface area contributed by atoms with Crippen molar-refractivity contribution in [2.24, 2.45) is 5.73 Å². The van der Waals surface area contributed by atoms with Gasteiger partial charge in [-0.3, -0.25) is 9.89 Å². The summed E-state index contributed by atoms with van der Waals surface area (Å²) in [4.78, 5) is 11.4. The summed E-state index contributed by atoms with van der Waals surface area (Å²) < 4.78 is 26.2. The minimum Gasteiger partial charge on any atom is -0.364 e. The fourth-order valence-corrected chi connectivity index (χ4v) is 3.62. The molecule has 0 saturated heterocycles. The van der Waals surface area contributed by atoms with Crippen LogP contribution in [0, 0.1) is 0 Å². The van der Waals surface area contributed by atoms with Gasteiger partial charge in [0, 0.05) is 12.1 Å². The lowest BCUT2D eigenvalue weighted by Gasteiger charge is -2.15. The lowest BCUT2D eigenvalue weighted by atomic mass is 10.2. The van der Waals surface area contributed by atoms with Crippen LogP contribution in [0.4, 0.5) is 0 Å². The average Bonchev–Trinajstić information content (AvgIpc) is 2.99. The van der Waals surface area contributed by atoms with Crippen molar-refractivity contribution in [2.75, 3.05) is 0 Å². The summed E-state index contributed by atoms with van der Waals surface area (Å²) in [5, 5.41) is 6.47. The van der Waals surface area contributed by atoms with Crippen molar-refractivity contribution in [2.45, 2.75) is 18.0 Å². The summed E-state index contributed by atoms with van der Waals surface area (Å²) in [6.45, 7) is 0.258. The van der Waals surface area contributed by atoms with E-state index >= 15 is 0 Å². The Kier molecular flexibility index (Phi) is 2.84. The number of nitrogens with one attached hydrogen (secondary N) is 1. The van der Waals surface area contributed by atoms with Crippen molar-refractivity contribution in [3.8, 4) is 0 Å². The van der Waals surface area contributed by atoms with Gasteiger partial charge in [-0.05, 0) is 12.1 Å². The fraction of sp³-hybridized carbons (Fsp3) is 0.167. The van der Waals surface area contributed by atoms with Crippen molar-refractivity contribution in [3.05, 3.63) is 47.3 Å². The van der Waals surface area contributed by atoms with E-state index in [1.807, 2.05) is 0 Å². The number of sulfonamides is 1. The number of benzene rings is 1. The second-order valence-corrected chi connectivity index (χ2v) is 6.42. The first-order valence-electron chi connectivity index (χ1n) is 5.91. The highest BCUT2D eigenvalue weighted by atomic mass is 32.2. The summed E-state index contributed by atoms with van der Waals surface area (Å²) in [6, 6.07) is 8.16. The molecule has 1 aromatic heterocycles. The Morgan fingerprint density at radius 2 is 1.95 bits per heavy atom. The average molecular weight is 292 g/mol. The maximum Gasteiger partial charge on any atom is 0.269 e. The van der Waals surface area contributed by atoms with Gasteiger partial charge in [0.15, 0.2) is 5.69 Å². The molecule has 2 heterocycles. The van der Waals surface area contributed by atoms with E-state index < -0.39 is 15.9 Å². The second kappa shape index (κ2) is 4.43. The van der Waals surface area contributed by atoms with E-state index in [9.17, 15) is 13.2 Å². The Balaban J connectivity index is 1.94. The number of carbonyl (C=O) groups excluding carboxylic acids is 1. The van der Waals surface area contributed by atoms with Crippen LogP contribution in [0.3, 0.4) is 0 Å². The maximum atomic E-state index is 12.5. The molecule has 1 aliphatic heterocycles. The van der Waals surface area contributed by atoms with E-state index in [4.69, 9.17) is 5.73 Å². The van der Waals surface area contributed by atoms with Crippen LogP contribution < -0.4 is 5.73 Å². The molecule has 8 heteroatoms. The summed E-state index contributed by atoms with van der Waals surface area (Å²) >= 11 is 0. The Labute approximate surface area is 115 Å². The third kappa shape index (κ3) is 1.89. The van der Waals surface area contributed by atoms with E-state index in [0.717, 1.165) is 0 Å². The number of hydrogen-bond donors (Lipinski definition) is 2. The highest BCUT2D eigenvalue weighted by molar-refractivity contribution is 7.89. The topological polar surface area (TPSA) is 109 Å². The molecule has 3 rings (SSSR count). The molecule has 0 bridgehead atoms. The number of primary amides is 1. The molecular formula is C12H12N4O3S. The largest absolute Gasteiger partial charge is 0.364 e. The van der Waals surface area contributed by atoms with Crippen LogP contribution in [0.25, 0.3) is 0 Å². The number of fused-ring (bicyclic) bond motifs is 1. The van der Waals surface area contributed by atoms with E-state index in [1.54, 1.807) is 18.2 Å². The molecule has 0 fully saturated rings. The van der Waals surface area contributed by atoms with Crippen LogP contribution in [0.15, 0.2) is 35.2 Å². The third-order valence-electron chi connectivity index (χ3n) is 3.24. The van der Waals surface area contributed by atoms with Gasteiger partial charge in [0.1, 0.15) is 0 Å². The van der Waals surface area contributed by atoms with Gasteiger partial charge in [-0.25, -0.2) is 8.42 Å². The minimum atomic E-state index is -3.59. The molecule has 1 aliphatic rings. The molecule has 20 heavy (non-hydrogen) atoms. The van der Waals surface area contributed by atoms with Crippen molar-refractivity contribution < 1.29 is 13.2 Å². The smallest absolute Gasteiger partial charge is 0.269 e. The van der Waals surface area contributed by atoms with Crippen molar-refractivity contribution in [1.29, 1.82) is 0 Å². The number of amides is 1.